The summed E-state index contributed by atoms with van der Waals surface area (Å²) < 4.78 is 9.76. The number of ether oxygens (including phenoxy) is 1. The molecule has 0 aliphatic heterocycles. The van der Waals surface area contributed by atoms with Gasteiger partial charge in [0.1, 0.15) is 5.54 Å². The Kier molecular flexibility index (Phi) is 2.78. The topological polar surface area (TPSA) is 74.2 Å². The van der Waals surface area contributed by atoms with E-state index in [1.165, 1.54) is 6.39 Å². The smallest absolute Gasteiger partial charge is 0.213 e. The first-order valence-electron chi connectivity index (χ1n) is 3.80. The highest BCUT2D eigenvalue weighted by Gasteiger charge is 2.26. The van der Waals surface area contributed by atoms with Crippen molar-refractivity contribution in [2.24, 2.45) is 5.73 Å². The number of nitrogens with zero attached hydrogens (tertiary/aromatic N) is 2. The molecule has 68 valence electrons. The van der Waals surface area contributed by atoms with Crippen LogP contribution in [-0.4, -0.2) is 23.4 Å². The van der Waals surface area contributed by atoms with Crippen LogP contribution in [0.3, 0.4) is 0 Å². The van der Waals surface area contributed by atoms with Gasteiger partial charge in [0.15, 0.2) is 5.82 Å². The van der Waals surface area contributed by atoms with E-state index in [4.69, 9.17) is 10.5 Å². The highest BCUT2D eigenvalue weighted by molar-refractivity contribution is 4.98. The summed E-state index contributed by atoms with van der Waals surface area (Å²) in [5.41, 5.74) is 5.19. The van der Waals surface area contributed by atoms with Gasteiger partial charge in [0.25, 0.3) is 0 Å². The summed E-state index contributed by atoms with van der Waals surface area (Å²) in [5.74, 6) is 0.468. The predicted molar refractivity (Wildman–Crippen MR) is 42.3 cm³/mol. The number of aromatic nitrogens is 2. The summed E-state index contributed by atoms with van der Waals surface area (Å²) in [4.78, 5) is 3.86. The zero-order valence-electron chi connectivity index (χ0n) is 7.28. The zero-order valence-corrected chi connectivity index (χ0v) is 7.28. The van der Waals surface area contributed by atoms with Gasteiger partial charge in [-0.1, -0.05) is 5.16 Å². The summed E-state index contributed by atoms with van der Waals surface area (Å²) in [6, 6.07) is 0. The first kappa shape index (κ1) is 9.15. The molecule has 0 aliphatic rings. The monoisotopic (exact) mass is 171 g/mol. The molecular formula is C7H13N3O2. The number of hydrogen-bond donors (Lipinski definition) is 1. The average Bonchev–Trinajstić information content (AvgIpc) is 2.53. The molecular weight excluding hydrogens is 158 g/mol. The van der Waals surface area contributed by atoms with Crippen molar-refractivity contribution in [1.82, 2.24) is 10.1 Å². The van der Waals surface area contributed by atoms with Crippen LogP contribution in [-0.2, 0) is 10.3 Å². The lowest BCUT2D eigenvalue weighted by molar-refractivity contribution is 0.0962. The Balaban J connectivity index is 2.59. The largest absolute Gasteiger partial charge is 0.379 e. The average molecular weight is 171 g/mol. The Hall–Kier alpha value is -0.940. The van der Waals surface area contributed by atoms with Crippen LogP contribution in [0.1, 0.15) is 19.7 Å². The molecule has 0 aliphatic carbocycles. The predicted octanol–water partition coefficient (Wildman–Crippen LogP) is 0.280. The van der Waals surface area contributed by atoms with Crippen LogP contribution in [0.15, 0.2) is 10.9 Å². The van der Waals surface area contributed by atoms with E-state index in [0.717, 1.165) is 0 Å². The van der Waals surface area contributed by atoms with E-state index < -0.39 is 5.54 Å². The maximum atomic E-state index is 5.86. The minimum atomic E-state index is -0.664. The maximum absolute atomic E-state index is 5.86. The van der Waals surface area contributed by atoms with Crippen LogP contribution >= 0.6 is 0 Å². The van der Waals surface area contributed by atoms with Gasteiger partial charge in [0, 0.05) is 6.61 Å². The van der Waals surface area contributed by atoms with Gasteiger partial charge in [0.2, 0.25) is 6.39 Å². The van der Waals surface area contributed by atoms with Crippen molar-refractivity contribution in [3.05, 3.63) is 12.2 Å². The Morgan fingerprint density at radius 1 is 1.75 bits per heavy atom. The van der Waals surface area contributed by atoms with Gasteiger partial charge in [0.05, 0.1) is 6.61 Å². The van der Waals surface area contributed by atoms with Crippen molar-refractivity contribution in [1.29, 1.82) is 0 Å². The normalized spacial score (nSPS) is 15.9. The molecule has 0 spiro atoms. The Labute approximate surface area is 70.9 Å². The first-order chi connectivity index (χ1) is 5.67. The van der Waals surface area contributed by atoms with Crippen molar-refractivity contribution in [3.63, 3.8) is 0 Å². The quantitative estimate of drug-likeness (QED) is 0.704. The number of nitrogens with two attached hydrogens (primary N) is 1. The Morgan fingerprint density at radius 3 is 3.00 bits per heavy atom. The molecule has 5 heteroatoms. The van der Waals surface area contributed by atoms with E-state index in [9.17, 15) is 0 Å². The van der Waals surface area contributed by atoms with Gasteiger partial charge in [-0.05, 0) is 13.8 Å². The lowest BCUT2D eigenvalue weighted by atomic mass is 10.1. The molecule has 1 unspecified atom stereocenters. The van der Waals surface area contributed by atoms with E-state index in [0.29, 0.717) is 19.0 Å². The molecule has 0 saturated heterocycles. The Morgan fingerprint density at radius 2 is 2.50 bits per heavy atom. The van der Waals surface area contributed by atoms with E-state index in [2.05, 4.69) is 14.7 Å². The molecule has 0 radical (unpaired) electrons. The molecule has 1 rings (SSSR count). The molecule has 1 atom stereocenters. The fraction of sp³-hybridized carbons (Fsp3) is 0.714. The SMILES string of the molecule is CCOCC(C)(N)c1ncon1. The second-order valence-electron chi connectivity index (χ2n) is 2.81. The van der Waals surface area contributed by atoms with Crippen LogP contribution in [0.5, 0.6) is 0 Å². The van der Waals surface area contributed by atoms with Crippen LogP contribution in [0.4, 0.5) is 0 Å². The highest BCUT2D eigenvalue weighted by Crippen LogP contribution is 2.12. The van der Waals surface area contributed by atoms with E-state index >= 15 is 0 Å². The van der Waals surface area contributed by atoms with E-state index in [1.807, 2.05) is 6.92 Å². The lowest BCUT2D eigenvalue weighted by Gasteiger charge is -2.19. The minimum absolute atomic E-state index is 0.392. The fourth-order valence-electron chi connectivity index (χ4n) is 0.801. The van der Waals surface area contributed by atoms with Crippen molar-refractivity contribution < 1.29 is 9.26 Å². The number of rotatable bonds is 4. The molecule has 0 fully saturated rings. The fourth-order valence-corrected chi connectivity index (χ4v) is 0.801. The van der Waals surface area contributed by atoms with Gasteiger partial charge in [-0.2, -0.15) is 4.98 Å². The Bertz CT molecular complexity index is 221. The summed E-state index contributed by atoms with van der Waals surface area (Å²) in [6.07, 6.45) is 1.26. The van der Waals surface area contributed by atoms with Crippen LogP contribution in [0, 0.1) is 0 Å². The highest BCUT2D eigenvalue weighted by atomic mass is 16.5. The van der Waals surface area contributed by atoms with Gasteiger partial charge in [-0.25, -0.2) is 0 Å². The first-order valence-corrected chi connectivity index (χ1v) is 3.80. The third kappa shape index (κ3) is 2.02. The molecule has 1 heterocycles. The van der Waals surface area contributed by atoms with Crippen molar-refractivity contribution >= 4 is 0 Å². The molecule has 1 aromatic rings. The number of hydrogen-bond acceptors (Lipinski definition) is 5. The third-order valence-corrected chi connectivity index (χ3v) is 1.48. The van der Waals surface area contributed by atoms with Gasteiger partial charge < -0.3 is 15.0 Å². The van der Waals surface area contributed by atoms with Crippen molar-refractivity contribution in [2.75, 3.05) is 13.2 Å². The van der Waals surface area contributed by atoms with E-state index in [-0.39, 0.29) is 0 Å². The van der Waals surface area contributed by atoms with Gasteiger partial charge in [-0.15, -0.1) is 0 Å². The van der Waals surface area contributed by atoms with Crippen molar-refractivity contribution in [3.8, 4) is 0 Å². The molecule has 0 saturated carbocycles. The molecule has 0 aromatic carbocycles. The zero-order chi connectivity index (χ0) is 9.03. The summed E-state index contributed by atoms with van der Waals surface area (Å²) >= 11 is 0. The van der Waals surface area contributed by atoms with Gasteiger partial charge >= 0.3 is 0 Å². The minimum Gasteiger partial charge on any atom is -0.379 e. The van der Waals surface area contributed by atoms with Crippen LogP contribution < -0.4 is 5.73 Å². The second kappa shape index (κ2) is 3.64. The molecule has 0 bridgehead atoms. The van der Waals surface area contributed by atoms with Gasteiger partial charge in [-0.3, -0.25) is 0 Å². The molecule has 2 N–H and O–H groups in total. The summed E-state index contributed by atoms with van der Waals surface area (Å²) in [5, 5.41) is 3.65. The summed E-state index contributed by atoms with van der Waals surface area (Å²) in [7, 11) is 0. The van der Waals surface area contributed by atoms with Crippen LogP contribution in [0.25, 0.3) is 0 Å². The van der Waals surface area contributed by atoms with Crippen LogP contribution in [0.2, 0.25) is 0 Å². The van der Waals surface area contributed by atoms with Crippen molar-refractivity contribution in [2.45, 2.75) is 19.4 Å². The molecule has 0 amide bonds. The second-order valence-corrected chi connectivity index (χ2v) is 2.81. The molecule has 12 heavy (non-hydrogen) atoms. The van der Waals surface area contributed by atoms with E-state index in [1.54, 1.807) is 6.92 Å². The lowest BCUT2D eigenvalue weighted by Crippen LogP contribution is -2.39. The standard InChI is InChI=1S/C7H13N3O2/c1-3-11-4-7(2,8)6-9-5-12-10-6/h5H,3-4,8H2,1-2H3. The summed E-state index contributed by atoms with van der Waals surface area (Å²) in [6.45, 7) is 4.73. The maximum Gasteiger partial charge on any atom is 0.213 e. The molecule has 1 aromatic heterocycles. The third-order valence-electron chi connectivity index (χ3n) is 1.48. The molecule has 5 nitrogen and oxygen atoms in total.